The fourth-order valence-electron chi connectivity index (χ4n) is 2.02. The van der Waals surface area contributed by atoms with E-state index in [1.807, 2.05) is 18.2 Å². The molecule has 1 aromatic carbocycles. The second-order valence-electron chi connectivity index (χ2n) is 4.53. The van der Waals surface area contributed by atoms with Crippen molar-refractivity contribution in [1.29, 1.82) is 0 Å². The Morgan fingerprint density at radius 2 is 2.27 bits per heavy atom. The number of anilines is 1. The van der Waals surface area contributed by atoms with Gasteiger partial charge in [-0.05, 0) is 18.2 Å². The monoisotopic (exact) mass is 314 g/mol. The average molecular weight is 314 g/mol. The van der Waals surface area contributed by atoms with Gasteiger partial charge in [-0.1, -0.05) is 0 Å². The number of carbonyl (C=O) groups is 1. The number of hydrogen-bond acceptors (Lipinski definition) is 6. The molecule has 0 unspecified atom stereocenters. The van der Waals surface area contributed by atoms with Crippen LogP contribution < -0.4 is 15.8 Å². The van der Waals surface area contributed by atoms with Crippen LogP contribution in [0, 0.1) is 0 Å². The van der Waals surface area contributed by atoms with Crippen LogP contribution in [0.25, 0.3) is 20.8 Å². The van der Waals surface area contributed by atoms with Gasteiger partial charge >= 0.3 is 0 Å². The third-order valence-corrected chi connectivity index (χ3v) is 4.18. The Morgan fingerprint density at radius 1 is 1.41 bits per heavy atom. The number of rotatable bonds is 4. The fourth-order valence-corrected chi connectivity index (χ4v) is 2.99. The molecule has 3 N–H and O–H groups in total. The molecule has 1 amide bonds. The first-order chi connectivity index (χ1) is 10.7. The number of aromatic nitrogens is 2. The highest BCUT2D eigenvalue weighted by molar-refractivity contribution is 7.21. The van der Waals surface area contributed by atoms with Gasteiger partial charge in [-0.25, -0.2) is 4.98 Å². The van der Waals surface area contributed by atoms with Gasteiger partial charge in [0.1, 0.15) is 10.8 Å². The smallest absolute Gasteiger partial charge is 0.238 e. The molecule has 2 heterocycles. The molecule has 0 aliphatic carbocycles. The molecule has 7 heteroatoms. The second-order valence-corrected chi connectivity index (χ2v) is 5.56. The van der Waals surface area contributed by atoms with Crippen LogP contribution in [0.1, 0.15) is 0 Å². The van der Waals surface area contributed by atoms with Crippen LogP contribution in [0.5, 0.6) is 5.75 Å². The summed E-state index contributed by atoms with van der Waals surface area (Å²) in [5.74, 6) is 0.502. The van der Waals surface area contributed by atoms with Gasteiger partial charge in [0.15, 0.2) is 0 Å². The molecule has 112 valence electrons. The molecule has 3 rings (SSSR count). The lowest BCUT2D eigenvalue weighted by Gasteiger charge is -2.07. The zero-order valence-electron chi connectivity index (χ0n) is 11.9. The highest BCUT2D eigenvalue weighted by Gasteiger charge is 2.12. The number of benzene rings is 1. The summed E-state index contributed by atoms with van der Waals surface area (Å²) in [6.45, 7) is -0.0706. The molecule has 0 fully saturated rings. The normalized spacial score (nSPS) is 10.6. The Kier molecular flexibility index (Phi) is 3.99. The summed E-state index contributed by atoms with van der Waals surface area (Å²) in [6.07, 6.45) is 3.30. The highest BCUT2D eigenvalue weighted by Crippen LogP contribution is 2.35. The van der Waals surface area contributed by atoms with Crippen molar-refractivity contribution in [3.8, 4) is 16.3 Å². The van der Waals surface area contributed by atoms with Gasteiger partial charge in [-0.2, -0.15) is 0 Å². The van der Waals surface area contributed by atoms with Crippen molar-refractivity contribution in [2.45, 2.75) is 0 Å². The predicted octanol–water partition coefficient (Wildman–Crippen LogP) is 2.26. The van der Waals surface area contributed by atoms with Gasteiger partial charge in [0.05, 0.1) is 35.1 Å². The van der Waals surface area contributed by atoms with E-state index in [-0.39, 0.29) is 12.5 Å². The van der Waals surface area contributed by atoms with Crippen molar-refractivity contribution < 1.29 is 9.53 Å². The molecule has 0 aliphatic heterocycles. The molecule has 3 aromatic rings. The number of fused-ring (bicyclic) bond motifs is 1. The van der Waals surface area contributed by atoms with Gasteiger partial charge < -0.3 is 15.8 Å². The van der Waals surface area contributed by atoms with E-state index < -0.39 is 0 Å². The topological polar surface area (TPSA) is 90.1 Å². The van der Waals surface area contributed by atoms with Crippen molar-refractivity contribution in [1.82, 2.24) is 9.97 Å². The quantitative estimate of drug-likeness (QED) is 0.771. The van der Waals surface area contributed by atoms with Gasteiger partial charge in [0.25, 0.3) is 0 Å². The molecule has 0 atom stereocenters. The van der Waals surface area contributed by atoms with Gasteiger partial charge in [-0.15, -0.1) is 11.3 Å². The summed E-state index contributed by atoms with van der Waals surface area (Å²) in [5, 5.41) is 3.54. The lowest BCUT2D eigenvalue weighted by Crippen LogP contribution is -2.22. The molecule has 0 aliphatic rings. The second kappa shape index (κ2) is 6.08. The Hall–Kier alpha value is -2.51. The van der Waals surface area contributed by atoms with Crippen molar-refractivity contribution in [3.05, 3.63) is 36.7 Å². The lowest BCUT2D eigenvalue weighted by atomic mass is 10.2. The number of methoxy groups -OCH3 is 1. The molecule has 0 saturated carbocycles. The van der Waals surface area contributed by atoms with E-state index in [9.17, 15) is 4.79 Å². The first-order valence-electron chi connectivity index (χ1n) is 6.60. The van der Waals surface area contributed by atoms with Crippen LogP contribution in [0.3, 0.4) is 0 Å². The number of nitrogens with one attached hydrogen (secondary N) is 1. The van der Waals surface area contributed by atoms with Crippen LogP contribution in [0.2, 0.25) is 0 Å². The molecule has 22 heavy (non-hydrogen) atoms. The molecule has 0 bridgehead atoms. The SMILES string of the molecule is COc1ccc2sc(-c3cnccc3NC(=O)CN)nc2c1. The number of thiazole rings is 1. The molecule has 0 radical (unpaired) electrons. The van der Waals surface area contributed by atoms with E-state index >= 15 is 0 Å². The number of ether oxygens (including phenoxy) is 1. The number of carbonyl (C=O) groups excluding carboxylic acids is 1. The maximum Gasteiger partial charge on any atom is 0.238 e. The molecular formula is C15H14N4O2S. The van der Waals surface area contributed by atoms with E-state index in [2.05, 4.69) is 15.3 Å². The Morgan fingerprint density at radius 3 is 3.05 bits per heavy atom. The minimum absolute atomic E-state index is 0.0706. The summed E-state index contributed by atoms with van der Waals surface area (Å²) < 4.78 is 6.25. The summed E-state index contributed by atoms with van der Waals surface area (Å²) >= 11 is 1.53. The standard InChI is InChI=1S/C15H14N4O2S/c1-21-9-2-3-13-12(6-9)19-15(22-13)10-8-17-5-4-11(10)18-14(20)7-16/h2-6,8H,7,16H2,1H3,(H,17,18,20). The zero-order valence-corrected chi connectivity index (χ0v) is 12.7. The van der Waals surface area contributed by atoms with Crippen molar-refractivity contribution in [2.75, 3.05) is 19.0 Å². The van der Waals surface area contributed by atoms with Gasteiger partial charge in [0, 0.05) is 18.5 Å². The molecule has 0 saturated heterocycles. The summed E-state index contributed by atoms with van der Waals surface area (Å²) in [6, 6.07) is 7.47. The average Bonchev–Trinajstić information content (AvgIpc) is 2.97. The minimum Gasteiger partial charge on any atom is -0.497 e. The number of pyridine rings is 1. The first kappa shape index (κ1) is 14.4. The van der Waals surface area contributed by atoms with E-state index in [0.717, 1.165) is 26.5 Å². The van der Waals surface area contributed by atoms with Crippen molar-refractivity contribution in [2.24, 2.45) is 5.73 Å². The third-order valence-electron chi connectivity index (χ3n) is 3.11. The maximum absolute atomic E-state index is 11.5. The van der Waals surface area contributed by atoms with E-state index in [0.29, 0.717) is 5.69 Å². The van der Waals surface area contributed by atoms with Crippen LogP contribution in [-0.2, 0) is 4.79 Å². The Bertz CT molecular complexity index is 831. The lowest BCUT2D eigenvalue weighted by molar-refractivity contribution is -0.114. The number of amides is 1. The largest absolute Gasteiger partial charge is 0.497 e. The third kappa shape index (κ3) is 2.76. The van der Waals surface area contributed by atoms with Crippen LogP contribution in [0.15, 0.2) is 36.7 Å². The fraction of sp³-hybridized carbons (Fsp3) is 0.133. The maximum atomic E-state index is 11.5. The van der Waals surface area contributed by atoms with Gasteiger partial charge in [0.2, 0.25) is 5.91 Å². The summed E-state index contributed by atoms with van der Waals surface area (Å²) in [7, 11) is 1.62. The number of hydrogen-bond donors (Lipinski definition) is 2. The minimum atomic E-state index is -0.254. The van der Waals surface area contributed by atoms with Crippen LogP contribution in [0.4, 0.5) is 5.69 Å². The Labute approximate surface area is 131 Å². The van der Waals surface area contributed by atoms with E-state index in [1.54, 1.807) is 25.6 Å². The summed E-state index contributed by atoms with van der Waals surface area (Å²) in [4.78, 5) is 20.2. The summed E-state index contributed by atoms with van der Waals surface area (Å²) in [5.41, 5.74) is 7.61. The molecular weight excluding hydrogens is 300 g/mol. The number of nitrogens with zero attached hydrogens (tertiary/aromatic N) is 2. The zero-order chi connectivity index (χ0) is 15.5. The molecule has 2 aromatic heterocycles. The number of nitrogens with two attached hydrogens (primary N) is 1. The van der Waals surface area contributed by atoms with Crippen LogP contribution in [-0.4, -0.2) is 29.5 Å². The van der Waals surface area contributed by atoms with Crippen molar-refractivity contribution >= 4 is 33.1 Å². The molecule has 6 nitrogen and oxygen atoms in total. The molecule has 0 spiro atoms. The van der Waals surface area contributed by atoms with Crippen LogP contribution >= 0.6 is 11.3 Å². The predicted molar refractivity (Wildman–Crippen MR) is 87.1 cm³/mol. The first-order valence-corrected chi connectivity index (χ1v) is 7.42. The highest BCUT2D eigenvalue weighted by atomic mass is 32.1. The van der Waals surface area contributed by atoms with E-state index in [4.69, 9.17) is 10.5 Å². The van der Waals surface area contributed by atoms with E-state index in [1.165, 1.54) is 11.3 Å². The van der Waals surface area contributed by atoms with Gasteiger partial charge in [-0.3, -0.25) is 9.78 Å². The Balaban J connectivity index is 2.05. The van der Waals surface area contributed by atoms with Crippen molar-refractivity contribution in [3.63, 3.8) is 0 Å².